The van der Waals surface area contributed by atoms with E-state index in [4.69, 9.17) is 10.2 Å². The topological polar surface area (TPSA) is 69.1 Å². The predicted octanol–water partition coefficient (Wildman–Crippen LogP) is 0.651. The fourth-order valence-corrected chi connectivity index (χ4v) is 0.919. The molecular weight excluding hydrogens is 144 g/mol. The molecule has 1 fully saturated rings. The van der Waals surface area contributed by atoms with Crippen molar-refractivity contribution in [3.8, 4) is 0 Å². The normalized spacial score (nSPS) is 16.7. The summed E-state index contributed by atoms with van der Waals surface area (Å²) in [6, 6.07) is 0. The highest BCUT2D eigenvalue weighted by molar-refractivity contribution is 5.90. The SMILES string of the molecule is NC(=O)c1coc(C2CC2)n1. The second-order valence-electron chi connectivity index (χ2n) is 2.71. The Bertz CT molecular complexity index is 288. The van der Waals surface area contributed by atoms with Crippen LogP contribution in [-0.2, 0) is 0 Å². The van der Waals surface area contributed by atoms with E-state index in [9.17, 15) is 4.79 Å². The number of amides is 1. The van der Waals surface area contributed by atoms with Crippen LogP contribution in [0.2, 0.25) is 0 Å². The summed E-state index contributed by atoms with van der Waals surface area (Å²) >= 11 is 0. The molecule has 0 radical (unpaired) electrons. The van der Waals surface area contributed by atoms with Crippen LogP contribution >= 0.6 is 0 Å². The quantitative estimate of drug-likeness (QED) is 0.676. The van der Waals surface area contributed by atoms with Gasteiger partial charge in [-0.15, -0.1) is 0 Å². The summed E-state index contributed by atoms with van der Waals surface area (Å²) in [4.78, 5) is 14.5. The summed E-state index contributed by atoms with van der Waals surface area (Å²) in [7, 11) is 0. The van der Waals surface area contributed by atoms with Gasteiger partial charge in [0.25, 0.3) is 5.91 Å². The first kappa shape index (κ1) is 6.39. The molecule has 0 aromatic carbocycles. The van der Waals surface area contributed by atoms with Gasteiger partial charge in [-0.1, -0.05) is 0 Å². The molecule has 0 aliphatic heterocycles. The van der Waals surface area contributed by atoms with Gasteiger partial charge in [0.1, 0.15) is 6.26 Å². The summed E-state index contributed by atoms with van der Waals surface area (Å²) < 4.78 is 5.04. The minimum atomic E-state index is -0.527. The molecule has 4 nitrogen and oxygen atoms in total. The molecule has 0 spiro atoms. The van der Waals surface area contributed by atoms with Crippen molar-refractivity contribution in [1.82, 2.24) is 4.98 Å². The molecule has 0 unspecified atom stereocenters. The Labute approximate surface area is 63.4 Å². The standard InChI is InChI=1S/C7H8N2O2/c8-6(10)5-3-11-7(9-5)4-1-2-4/h3-4H,1-2H2,(H2,8,10). The van der Waals surface area contributed by atoms with Gasteiger partial charge in [-0.25, -0.2) is 4.98 Å². The maximum Gasteiger partial charge on any atom is 0.270 e. The van der Waals surface area contributed by atoms with Crippen molar-refractivity contribution in [2.24, 2.45) is 5.73 Å². The van der Waals surface area contributed by atoms with Crippen LogP contribution in [0.4, 0.5) is 0 Å². The van der Waals surface area contributed by atoms with E-state index in [1.807, 2.05) is 0 Å². The van der Waals surface area contributed by atoms with Crippen molar-refractivity contribution in [3.63, 3.8) is 0 Å². The lowest BCUT2D eigenvalue weighted by Gasteiger charge is -1.83. The number of aromatic nitrogens is 1. The molecule has 58 valence electrons. The minimum Gasteiger partial charge on any atom is -0.448 e. The lowest BCUT2D eigenvalue weighted by molar-refractivity contribution is 0.0995. The molecule has 1 saturated carbocycles. The van der Waals surface area contributed by atoms with Crippen molar-refractivity contribution >= 4 is 5.91 Å². The zero-order valence-corrected chi connectivity index (χ0v) is 5.91. The van der Waals surface area contributed by atoms with Crippen LogP contribution in [0, 0.1) is 0 Å². The second-order valence-corrected chi connectivity index (χ2v) is 2.71. The van der Waals surface area contributed by atoms with Gasteiger partial charge in [-0.05, 0) is 12.8 Å². The van der Waals surface area contributed by atoms with Crippen LogP contribution in [0.25, 0.3) is 0 Å². The first-order valence-electron chi connectivity index (χ1n) is 3.52. The summed E-state index contributed by atoms with van der Waals surface area (Å²) in [5, 5.41) is 0. The van der Waals surface area contributed by atoms with Gasteiger partial charge >= 0.3 is 0 Å². The third kappa shape index (κ3) is 1.11. The first-order valence-corrected chi connectivity index (χ1v) is 3.52. The number of hydrogen-bond donors (Lipinski definition) is 1. The maximum absolute atomic E-state index is 10.6. The van der Waals surface area contributed by atoms with Crippen LogP contribution in [0.3, 0.4) is 0 Å². The molecular formula is C7H8N2O2. The van der Waals surface area contributed by atoms with Gasteiger partial charge in [0, 0.05) is 5.92 Å². The van der Waals surface area contributed by atoms with Crippen molar-refractivity contribution in [1.29, 1.82) is 0 Å². The smallest absolute Gasteiger partial charge is 0.270 e. The molecule has 1 aliphatic carbocycles. The Balaban J connectivity index is 2.25. The summed E-state index contributed by atoms with van der Waals surface area (Å²) in [6.07, 6.45) is 3.54. The zero-order chi connectivity index (χ0) is 7.84. The number of rotatable bonds is 2. The number of carbonyl (C=O) groups is 1. The van der Waals surface area contributed by atoms with Crippen LogP contribution in [0.1, 0.15) is 35.1 Å². The van der Waals surface area contributed by atoms with E-state index >= 15 is 0 Å². The average Bonchev–Trinajstić information content (AvgIpc) is 2.68. The van der Waals surface area contributed by atoms with Crippen molar-refractivity contribution < 1.29 is 9.21 Å². The summed E-state index contributed by atoms with van der Waals surface area (Å²) in [5.74, 6) is 0.558. The van der Waals surface area contributed by atoms with E-state index in [-0.39, 0.29) is 5.69 Å². The van der Waals surface area contributed by atoms with Gasteiger partial charge in [0.2, 0.25) is 0 Å². The van der Waals surface area contributed by atoms with Gasteiger partial charge in [-0.2, -0.15) is 0 Å². The van der Waals surface area contributed by atoms with E-state index in [0.717, 1.165) is 12.8 Å². The molecule has 1 heterocycles. The molecule has 1 aromatic heterocycles. The van der Waals surface area contributed by atoms with Gasteiger partial charge < -0.3 is 10.2 Å². The fourth-order valence-electron chi connectivity index (χ4n) is 0.919. The van der Waals surface area contributed by atoms with Crippen LogP contribution in [0.15, 0.2) is 10.7 Å². The van der Waals surface area contributed by atoms with E-state index in [1.165, 1.54) is 6.26 Å². The maximum atomic E-state index is 10.6. The highest BCUT2D eigenvalue weighted by Crippen LogP contribution is 2.39. The lowest BCUT2D eigenvalue weighted by atomic mass is 10.4. The molecule has 1 amide bonds. The van der Waals surface area contributed by atoms with Crippen LogP contribution < -0.4 is 5.73 Å². The Morgan fingerprint density at radius 3 is 2.91 bits per heavy atom. The number of primary amides is 1. The number of nitrogens with zero attached hydrogens (tertiary/aromatic N) is 1. The third-order valence-electron chi connectivity index (χ3n) is 1.70. The van der Waals surface area contributed by atoms with Gasteiger partial charge in [0.05, 0.1) is 0 Å². The van der Waals surface area contributed by atoms with Crippen LogP contribution in [0.5, 0.6) is 0 Å². The molecule has 1 aromatic rings. The number of oxazole rings is 1. The Kier molecular flexibility index (Phi) is 1.21. The Morgan fingerprint density at radius 1 is 1.73 bits per heavy atom. The Morgan fingerprint density at radius 2 is 2.45 bits per heavy atom. The van der Waals surface area contributed by atoms with E-state index in [0.29, 0.717) is 11.8 Å². The fraction of sp³-hybridized carbons (Fsp3) is 0.429. The number of carbonyl (C=O) groups excluding carboxylic acids is 1. The minimum absolute atomic E-state index is 0.229. The molecule has 0 saturated heterocycles. The summed E-state index contributed by atoms with van der Waals surface area (Å²) in [6.45, 7) is 0. The Hall–Kier alpha value is -1.32. The molecule has 11 heavy (non-hydrogen) atoms. The zero-order valence-electron chi connectivity index (χ0n) is 5.91. The second kappa shape index (κ2) is 2.08. The molecule has 4 heteroatoms. The average molecular weight is 152 g/mol. The van der Waals surface area contributed by atoms with Crippen molar-refractivity contribution in [2.45, 2.75) is 18.8 Å². The molecule has 1 aliphatic rings. The highest BCUT2D eigenvalue weighted by Gasteiger charge is 2.28. The molecule has 0 bridgehead atoms. The van der Waals surface area contributed by atoms with Crippen LogP contribution in [-0.4, -0.2) is 10.9 Å². The van der Waals surface area contributed by atoms with Crippen molar-refractivity contribution in [3.05, 3.63) is 17.8 Å². The third-order valence-corrected chi connectivity index (χ3v) is 1.70. The van der Waals surface area contributed by atoms with E-state index < -0.39 is 5.91 Å². The number of hydrogen-bond acceptors (Lipinski definition) is 3. The monoisotopic (exact) mass is 152 g/mol. The molecule has 2 rings (SSSR count). The van der Waals surface area contributed by atoms with E-state index in [1.54, 1.807) is 0 Å². The van der Waals surface area contributed by atoms with Gasteiger partial charge in [-0.3, -0.25) is 4.79 Å². The van der Waals surface area contributed by atoms with Crippen molar-refractivity contribution in [2.75, 3.05) is 0 Å². The predicted molar refractivity (Wildman–Crippen MR) is 37.0 cm³/mol. The summed E-state index contributed by atoms with van der Waals surface area (Å²) in [5.41, 5.74) is 5.21. The lowest BCUT2D eigenvalue weighted by Crippen LogP contribution is -2.11. The van der Waals surface area contributed by atoms with Gasteiger partial charge in [0.15, 0.2) is 11.6 Å². The highest BCUT2D eigenvalue weighted by atomic mass is 16.3. The first-order chi connectivity index (χ1) is 5.27. The largest absolute Gasteiger partial charge is 0.448 e. The number of nitrogens with two attached hydrogens (primary N) is 1. The van der Waals surface area contributed by atoms with E-state index in [2.05, 4.69) is 4.98 Å². The molecule has 0 atom stereocenters. The molecule has 2 N–H and O–H groups in total.